The third-order valence-corrected chi connectivity index (χ3v) is 8.75. The van der Waals surface area contributed by atoms with Crippen LogP contribution in [0.1, 0.15) is 69.7 Å². The van der Waals surface area contributed by atoms with Gasteiger partial charge in [0, 0.05) is 31.1 Å². The summed E-state index contributed by atoms with van der Waals surface area (Å²) in [7, 11) is 0. The van der Waals surface area contributed by atoms with Gasteiger partial charge in [0.1, 0.15) is 11.4 Å². The van der Waals surface area contributed by atoms with Crippen molar-refractivity contribution in [1.82, 2.24) is 15.3 Å². The number of aliphatic hydroxyl groups is 1. The lowest BCUT2D eigenvalue weighted by Crippen LogP contribution is -2.61. The number of carbonyl (C=O) groups excluding carboxylic acids is 1. The van der Waals surface area contributed by atoms with E-state index < -0.39 is 5.60 Å². The van der Waals surface area contributed by atoms with Crippen molar-refractivity contribution in [1.29, 1.82) is 0 Å². The summed E-state index contributed by atoms with van der Waals surface area (Å²) in [4.78, 5) is 25.1. The van der Waals surface area contributed by atoms with Crippen molar-refractivity contribution in [3.05, 3.63) is 11.8 Å². The molecule has 8 heteroatoms. The fourth-order valence-electron chi connectivity index (χ4n) is 6.82. The minimum Gasteiger partial charge on any atom is -0.390 e. The molecule has 6 rings (SSSR count). The van der Waals surface area contributed by atoms with Crippen LogP contribution >= 0.6 is 11.8 Å². The molecule has 176 valence electrons. The van der Waals surface area contributed by atoms with Gasteiger partial charge in [-0.2, -0.15) is 0 Å². The second-order valence-electron chi connectivity index (χ2n) is 10.6. The van der Waals surface area contributed by atoms with Crippen molar-refractivity contribution >= 4 is 23.5 Å². The van der Waals surface area contributed by atoms with Gasteiger partial charge in [-0.15, -0.1) is 0 Å². The molecule has 5 aliphatic rings. The van der Waals surface area contributed by atoms with Gasteiger partial charge in [-0.05, 0) is 70.1 Å². The van der Waals surface area contributed by atoms with Gasteiger partial charge in [0.25, 0.3) is 5.91 Å². The normalized spacial score (nSPS) is 38.2. The second kappa shape index (κ2) is 8.76. The number of ether oxygens (including phenoxy) is 1. The highest BCUT2D eigenvalue weighted by atomic mass is 32.2. The Labute approximate surface area is 195 Å². The predicted molar refractivity (Wildman–Crippen MR) is 125 cm³/mol. The molecule has 4 bridgehead atoms. The lowest BCUT2D eigenvalue weighted by atomic mass is 9.52. The molecule has 1 aliphatic heterocycles. The van der Waals surface area contributed by atoms with Gasteiger partial charge in [-0.25, -0.2) is 9.97 Å². The van der Waals surface area contributed by atoms with Gasteiger partial charge >= 0.3 is 0 Å². The van der Waals surface area contributed by atoms with E-state index in [-0.39, 0.29) is 24.2 Å². The summed E-state index contributed by atoms with van der Waals surface area (Å²) in [6.07, 6.45) is 7.76. The maximum absolute atomic E-state index is 13.6. The third-order valence-electron chi connectivity index (χ3n) is 7.68. The lowest BCUT2D eigenvalue weighted by molar-refractivity contribution is -0.136. The molecule has 4 unspecified atom stereocenters. The molecule has 0 radical (unpaired) electrons. The summed E-state index contributed by atoms with van der Waals surface area (Å²) in [6.45, 7) is 7.69. The largest absolute Gasteiger partial charge is 0.390 e. The number of hydrogen-bond acceptors (Lipinski definition) is 7. The maximum atomic E-state index is 13.6. The van der Waals surface area contributed by atoms with Gasteiger partial charge < -0.3 is 20.1 Å². The van der Waals surface area contributed by atoms with Crippen molar-refractivity contribution in [2.24, 2.45) is 17.8 Å². The fourth-order valence-corrected chi connectivity index (χ4v) is 7.48. The van der Waals surface area contributed by atoms with Gasteiger partial charge in [0.15, 0.2) is 5.16 Å². The number of rotatable bonds is 6. The quantitative estimate of drug-likeness (QED) is 0.498. The molecule has 0 aromatic carbocycles. The molecular weight excluding hydrogens is 424 g/mol. The highest BCUT2D eigenvalue weighted by molar-refractivity contribution is 7.99. The van der Waals surface area contributed by atoms with Crippen LogP contribution < -0.4 is 10.2 Å². The molecule has 0 spiro atoms. The van der Waals surface area contributed by atoms with E-state index in [1.807, 2.05) is 0 Å². The van der Waals surface area contributed by atoms with Crippen LogP contribution in [0.15, 0.2) is 11.4 Å². The van der Waals surface area contributed by atoms with Crippen molar-refractivity contribution < 1.29 is 14.6 Å². The van der Waals surface area contributed by atoms with Gasteiger partial charge in [0.2, 0.25) is 0 Å². The third kappa shape index (κ3) is 4.38. The summed E-state index contributed by atoms with van der Waals surface area (Å²) in [6, 6.07) is 0.142. The van der Waals surface area contributed by atoms with Crippen molar-refractivity contribution in [2.75, 3.05) is 23.7 Å². The number of thioether (sulfide) groups is 1. The zero-order valence-electron chi connectivity index (χ0n) is 19.4. The van der Waals surface area contributed by atoms with Crippen molar-refractivity contribution in [2.45, 2.75) is 88.3 Å². The van der Waals surface area contributed by atoms with E-state index in [1.165, 1.54) is 0 Å². The second-order valence-corrected chi connectivity index (χ2v) is 11.7. The molecule has 2 heterocycles. The fraction of sp³-hybridized carbons (Fsp3) is 0.792. The van der Waals surface area contributed by atoms with Crippen molar-refractivity contribution in [3.8, 4) is 0 Å². The van der Waals surface area contributed by atoms with Crippen LogP contribution in [0, 0.1) is 17.8 Å². The molecule has 1 aromatic rings. The number of aromatic nitrogens is 2. The van der Waals surface area contributed by atoms with Gasteiger partial charge in [-0.3, -0.25) is 4.79 Å². The van der Waals surface area contributed by atoms with Gasteiger partial charge in [0.05, 0.1) is 17.8 Å². The number of morpholine rings is 1. The Balaban J connectivity index is 1.39. The number of hydrogen-bond donors (Lipinski definition) is 2. The lowest BCUT2D eigenvalue weighted by Gasteiger charge is -2.58. The minimum atomic E-state index is -0.496. The monoisotopic (exact) mass is 460 g/mol. The van der Waals surface area contributed by atoms with Crippen LogP contribution in [-0.2, 0) is 4.74 Å². The summed E-state index contributed by atoms with van der Waals surface area (Å²) >= 11 is 1.63. The standard InChI is InChI=1S/C24H36N4O3S/c1-4-5-32-23-25-11-19(21(27-23)28-12-14(2)31-15(3)13-28)22(29)26-20-17-6-16-7-18(20)10-24(30,8-16)9-17/h11,14-18,20,30H,4-10,12-13H2,1-3H3,(H,26,29). The number of carbonyl (C=O) groups is 1. The summed E-state index contributed by atoms with van der Waals surface area (Å²) in [5.41, 5.74) is 0.0594. The molecule has 1 amide bonds. The first-order valence-corrected chi connectivity index (χ1v) is 13.3. The van der Waals surface area contributed by atoms with E-state index in [2.05, 4.69) is 36.0 Å². The molecule has 1 aromatic heterocycles. The number of amides is 1. The Kier molecular flexibility index (Phi) is 6.14. The average molecular weight is 461 g/mol. The smallest absolute Gasteiger partial charge is 0.256 e. The Morgan fingerprint density at radius 2 is 1.94 bits per heavy atom. The maximum Gasteiger partial charge on any atom is 0.256 e. The first-order valence-electron chi connectivity index (χ1n) is 12.3. The Bertz CT molecular complexity index is 842. The highest BCUT2D eigenvalue weighted by Gasteiger charge is 2.55. The number of anilines is 1. The van der Waals surface area contributed by atoms with Crippen LogP contribution in [0.3, 0.4) is 0 Å². The molecular formula is C24H36N4O3S. The van der Waals surface area contributed by atoms with Crippen LogP contribution in [0.2, 0.25) is 0 Å². The minimum absolute atomic E-state index is 0.0803. The molecule has 32 heavy (non-hydrogen) atoms. The van der Waals surface area contributed by atoms with Crippen LogP contribution in [-0.4, -0.2) is 63.7 Å². The van der Waals surface area contributed by atoms with E-state index >= 15 is 0 Å². The van der Waals surface area contributed by atoms with E-state index in [9.17, 15) is 9.90 Å². The molecule has 1 saturated heterocycles. The zero-order chi connectivity index (χ0) is 22.5. The first-order chi connectivity index (χ1) is 15.3. The highest BCUT2D eigenvalue weighted by Crippen LogP contribution is 2.55. The molecule has 4 atom stereocenters. The van der Waals surface area contributed by atoms with Crippen LogP contribution in [0.5, 0.6) is 0 Å². The van der Waals surface area contributed by atoms with E-state index in [4.69, 9.17) is 9.72 Å². The number of nitrogens with zero attached hydrogens (tertiary/aromatic N) is 3. The topological polar surface area (TPSA) is 87.6 Å². The first kappa shape index (κ1) is 22.4. The summed E-state index contributed by atoms with van der Waals surface area (Å²) in [5.74, 6) is 2.97. The Morgan fingerprint density at radius 3 is 2.56 bits per heavy atom. The van der Waals surface area contributed by atoms with Gasteiger partial charge in [-0.1, -0.05) is 18.7 Å². The average Bonchev–Trinajstić information content (AvgIpc) is 2.72. The Morgan fingerprint density at radius 1 is 1.25 bits per heavy atom. The zero-order valence-corrected chi connectivity index (χ0v) is 20.2. The molecule has 5 fully saturated rings. The van der Waals surface area contributed by atoms with Crippen LogP contribution in [0.4, 0.5) is 5.82 Å². The van der Waals surface area contributed by atoms with E-state index in [0.29, 0.717) is 36.4 Å². The summed E-state index contributed by atoms with van der Waals surface area (Å²) < 4.78 is 5.91. The van der Waals surface area contributed by atoms with Crippen molar-refractivity contribution in [3.63, 3.8) is 0 Å². The molecule has 4 saturated carbocycles. The predicted octanol–water partition coefficient (Wildman–Crippen LogP) is 3.26. The Hall–Kier alpha value is -1.38. The molecule has 4 aliphatic carbocycles. The van der Waals surface area contributed by atoms with E-state index in [1.54, 1.807) is 18.0 Å². The van der Waals surface area contributed by atoms with E-state index in [0.717, 1.165) is 55.3 Å². The molecule has 2 N–H and O–H groups in total. The SMILES string of the molecule is CCCSc1ncc(C(=O)NC2C3CC4CC2CC(O)(C4)C3)c(N2CC(C)OC(C)C2)n1. The number of nitrogens with one attached hydrogen (secondary N) is 1. The molecule has 7 nitrogen and oxygen atoms in total. The van der Waals surface area contributed by atoms with Crippen LogP contribution in [0.25, 0.3) is 0 Å². The summed E-state index contributed by atoms with van der Waals surface area (Å²) in [5, 5.41) is 15.0.